The zero-order valence-corrected chi connectivity index (χ0v) is 21.2. The molecule has 6 heteroatoms. The van der Waals surface area contributed by atoms with Crippen LogP contribution in [0.5, 0.6) is 5.75 Å². The summed E-state index contributed by atoms with van der Waals surface area (Å²) in [5, 5.41) is 15.3. The van der Waals surface area contributed by atoms with Gasteiger partial charge in [0.15, 0.2) is 5.75 Å². The van der Waals surface area contributed by atoms with Gasteiger partial charge in [0.2, 0.25) is 5.56 Å². The summed E-state index contributed by atoms with van der Waals surface area (Å²) in [7, 11) is 0. The van der Waals surface area contributed by atoms with E-state index in [1.165, 1.54) is 28.3 Å². The van der Waals surface area contributed by atoms with Crippen molar-refractivity contribution in [3.63, 3.8) is 0 Å². The number of carbonyl (C=O) groups excluding carboxylic acids is 1. The largest absolute Gasteiger partial charge is 0.421 e. The molecule has 4 aromatic rings. The van der Waals surface area contributed by atoms with Crippen molar-refractivity contribution in [2.75, 3.05) is 6.54 Å². The molecule has 3 aromatic carbocycles. The van der Waals surface area contributed by atoms with Gasteiger partial charge < -0.3 is 20.1 Å². The minimum Gasteiger partial charge on any atom is -0.421 e. The number of pyridine rings is 1. The number of carbonyl (C=O) groups is 1. The van der Waals surface area contributed by atoms with Crippen LogP contribution < -0.4 is 15.6 Å². The van der Waals surface area contributed by atoms with Gasteiger partial charge in [0.05, 0.1) is 17.2 Å². The molecule has 37 heavy (non-hydrogen) atoms. The number of rotatable bonds is 8. The minimum atomic E-state index is -0.798. The Kier molecular flexibility index (Phi) is 7.22. The van der Waals surface area contributed by atoms with Gasteiger partial charge in [0, 0.05) is 24.0 Å². The van der Waals surface area contributed by atoms with Crippen molar-refractivity contribution < 1.29 is 14.6 Å². The van der Waals surface area contributed by atoms with Gasteiger partial charge in [0.25, 0.3) is 0 Å². The van der Waals surface area contributed by atoms with Gasteiger partial charge in [-0.2, -0.15) is 0 Å². The number of hydrogen-bond donors (Lipinski definition) is 3. The Hall–Kier alpha value is -3.74. The number of aliphatic hydroxyl groups excluding tert-OH is 1. The summed E-state index contributed by atoms with van der Waals surface area (Å²) < 4.78 is 5.61. The van der Waals surface area contributed by atoms with Crippen molar-refractivity contribution in [2.24, 2.45) is 0 Å². The molecule has 3 N–H and O–H groups in total. The normalized spacial score (nSPS) is 14.0. The average Bonchev–Trinajstić information content (AvgIpc) is 3.33. The van der Waals surface area contributed by atoms with Crippen LogP contribution in [-0.2, 0) is 25.7 Å². The second-order valence-electron chi connectivity index (χ2n) is 9.65. The standard InChI is InChI=1S/C31H32N2O4/c1-3-19-14-22-16-24(17-23(22)15-20(19)4-2)32-18-27(34)25-10-12-28(30-26(25)11-13-29(35)33-30)37-31(36)21-8-6-5-7-9-21/h5-15,24,27,32,34H,3-4,16-18H2,1-2H3,(H,33,35)/t27-/m0/s1. The summed E-state index contributed by atoms with van der Waals surface area (Å²) in [6.45, 7) is 4.78. The van der Waals surface area contributed by atoms with Crippen LogP contribution in [0.4, 0.5) is 0 Å². The zero-order chi connectivity index (χ0) is 25.9. The molecule has 1 aliphatic rings. The topological polar surface area (TPSA) is 91.4 Å². The van der Waals surface area contributed by atoms with Crippen LogP contribution in [0.25, 0.3) is 10.9 Å². The maximum Gasteiger partial charge on any atom is 0.343 e. The summed E-state index contributed by atoms with van der Waals surface area (Å²) in [6.07, 6.45) is 3.18. The van der Waals surface area contributed by atoms with E-state index in [0.29, 0.717) is 28.6 Å². The van der Waals surface area contributed by atoms with Gasteiger partial charge in [-0.1, -0.05) is 50.2 Å². The first kappa shape index (κ1) is 24.9. The van der Waals surface area contributed by atoms with E-state index in [9.17, 15) is 14.7 Å². The van der Waals surface area contributed by atoms with E-state index in [2.05, 4.69) is 36.3 Å². The zero-order valence-electron chi connectivity index (χ0n) is 21.2. The van der Waals surface area contributed by atoms with Gasteiger partial charge in [-0.25, -0.2) is 4.79 Å². The van der Waals surface area contributed by atoms with Crippen molar-refractivity contribution in [2.45, 2.75) is 51.7 Å². The van der Waals surface area contributed by atoms with Crippen LogP contribution in [0, 0.1) is 0 Å². The van der Waals surface area contributed by atoms with Crippen molar-refractivity contribution >= 4 is 16.9 Å². The Labute approximate surface area is 216 Å². The first-order valence-electron chi connectivity index (χ1n) is 12.9. The van der Waals surface area contributed by atoms with Crippen molar-refractivity contribution in [1.29, 1.82) is 0 Å². The van der Waals surface area contributed by atoms with Gasteiger partial charge in [0.1, 0.15) is 0 Å². The van der Waals surface area contributed by atoms with E-state index in [4.69, 9.17) is 4.74 Å². The second-order valence-corrected chi connectivity index (χ2v) is 9.65. The molecular formula is C31H32N2O4. The number of aromatic nitrogens is 1. The predicted octanol–water partition coefficient (Wildman–Crippen LogP) is 4.66. The lowest BCUT2D eigenvalue weighted by Crippen LogP contribution is -2.33. The Morgan fingerprint density at radius 2 is 1.68 bits per heavy atom. The fourth-order valence-corrected chi connectivity index (χ4v) is 5.32. The third-order valence-electron chi connectivity index (χ3n) is 7.28. The summed E-state index contributed by atoms with van der Waals surface area (Å²) in [5.41, 5.74) is 6.80. The highest BCUT2D eigenvalue weighted by atomic mass is 16.5. The molecule has 6 nitrogen and oxygen atoms in total. The van der Waals surface area contributed by atoms with E-state index in [-0.39, 0.29) is 17.4 Å². The van der Waals surface area contributed by atoms with Crippen LogP contribution in [-0.4, -0.2) is 28.6 Å². The molecule has 0 fully saturated rings. The Balaban J connectivity index is 1.33. The minimum absolute atomic E-state index is 0.246. The maximum atomic E-state index is 12.6. The first-order valence-corrected chi connectivity index (χ1v) is 12.9. The third kappa shape index (κ3) is 5.22. The van der Waals surface area contributed by atoms with Gasteiger partial charge >= 0.3 is 5.97 Å². The average molecular weight is 497 g/mol. The summed E-state index contributed by atoms with van der Waals surface area (Å²) in [5.74, 6) is -0.269. The maximum absolute atomic E-state index is 12.6. The van der Waals surface area contributed by atoms with Crippen LogP contribution in [0.2, 0.25) is 0 Å². The molecule has 0 unspecified atom stereocenters. The molecule has 0 amide bonds. The Bertz CT molecular complexity index is 1460. The molecule has 1 aliphatic carbocycles. The lowest BCUT2D eigenvalue weighted by Gasteiger charge is -2.19. The van der Waals surface area contributed by atoms with E-state index in [0.717, 1.165) is 25.7 Å². The number of fused-ring (bicyclic) bond motifs is 2. The van der Waals surface area contributed by atoms with Gasteiger partial charge in [-0.15, -0.1) is 0 Å². The number of aliphatic hydroxyl groups is 1. The first-order chi connectivity index (χ1) is 18.0. The molecule has 0 radical (unpaired) electrons. The van der Waals surface area contributed by atoms with Crippen LogP contribution in [0.15, 0.2) is 71.5 Å². The number of aromatic amines is 1. The lowest BCUT2D eigenvalue weighted by atomic mass is 9.97. The quantitative estimate of drug-likeness (QED) is 0.244. The monoisotopic (exact) mass is 496 g/mol. The van der Waals surface area contributed by atoms with Crippen molar-refractivity contribution in [3.05, 3.63) is 110 Å². The fourth-order valence-electron chi connectivity index (χ4n) is 5.32. The molecule has 0 aliphatic heterocycles. The number of H-pyrrole nitrogens is 1. The highest BCUT2D eigenvalue weighted by molar-refractivity contribution is 5.95. The highest BCUT2D eigenvalue weighted by Crippen LogP contribution is 2.31. The number of benzene rings is 3. The highest BCUT2D eigenvalue weighted by Gasteiger charge is 2.24. The van der Waals surface area contributed by atoms with Crippen molar-refractivity contribution in [1.82, 2.24) is 10.3 Å². The molecule has 190 valence electrons. The molecule has 0 saturated carbocycles. The molecule has 0 spiro atoms. The van der Waals surface area contributed by atoms with Gasteiger partial charge in [-0.05, 0) is 77.8 Å². The van der Waals surface area contributed by atoms with Crippen LogP contribution in [0.1, 0.15) is 58.1 Å². The molecule has 0 saturated heterocycles. The molecule has 0 bridgehead atoms. The predicted molar refractivity (Wildman–Crippen MR) is 145 cm³/mol. The van der Waals surface area contributed by atoms with Gasteiger partial charge in [-0.3, -0.25) is 4.79 Å². The summed E-state index contributed by atoms with van der Waals surface area (Å²) in [4.78, 5) is 27.5. The van der Waals surface area contributed by atoms with E-state index in [1.807, 2.05) is 6.07 Å². The van der Waals surface area contributed by atoms with Crippen molar-refractivity contribution in [3.8, 4) is 5.75 Å². The lowest BCUT2D eigenvalue weighted by molar-refractivity contribution is 0.0736. The second kappa shape index (κ2) is 10.7. The van der Waals surface area contributed by atoms with E-state index < -0.39 is 12.1 Å². The molecular weight excluding hydrogens is 464 g/mol. The smallest absolute Gasteiger partial charge is 0.343 e. The number of hydrogen-bond acceptors (Lipinski definition) is 5. The van der Waals surface area contributed by atoms with Crippen LogP contribution >= 0.6 is 0 Å². The summed E-state index contributed by atoms with van der Waals surface area (Å²) in [6, 6.07) is 20.1. The van der Waals surface area contributed by atoms with E-state index >= 15 is 0 Å². The Morgan fingerprint density at radius 1 is 1.00 bits per heavy atom. The third-order valence-corrected chi connectivity index (χ3v) is 7.28. The Morgan fingerprint density at radius 3 is 2.32 bits per heavy atom. The number of aryl methyl sites for hydroxylation is 2. The van der Waals surface area contributed by atoms with Crippen LogP contribution in [0.3, 0.4) is 0 Å². The number of ether oxygens (including phenoxy) is 1. The molecule has 1 atom stereocenters. The number of nitrogens with one attached hydrogen (secondary N) is 2. The molecule has 5 rings (SSSR count). The fraction of sp³-hybridized carbons (Fsp3) is 0.290. The molecule has 1 aromatic heterocycles. The molecule has 1 heterocycles. The SMILES string of the molecule is CCc1cc2c(cc1CC)CC(NC[C@H](O)c1ccc(OC(=O)c3ccccc3)c3[nH]c(=O)ccc13)C2. The van der Waals surface area contributed by atoms with E-state index in [1.54, 1.807) is 42.5 Å². The summed E-state index contributed by atoms with van der Waals surface area (Å²) >= 11 is 0. The number of esters is 1.